The van der Waals surface area contributed by atoms with Gasteiger partial charge in [0.05, 0.1) is 0 Å². The van der Waals surface area contributed by atoms with Crippen LogP contribution in [0.25, 0.3) is 12.2 Å². The Bertz CT molecular complexity index is 804. The van der Waals surface area contributed by atoms with Crippen molar-refractivity contribution in [2.45, 2.75) is 45.4 Å². The van der Waals surface area contributed by atoms with Gasteiger partial charge in [0, 0.05) is 5.41 Å². The maximum absolute atomic E-state index is 2.56. The molecule has 0 saturated heterocycles. The summed E-state index contributed by atoms with van der Waals surface area (Å²) in [5.74, 6) is 0. The Hall–Kier alpha value is -1.82. The van der Waals surface area contributed by atoms with Gasteiger partial charge in [-0.1, -0.05) is 73.9 Å². The zero-order valence-corrected chi connectivity index (χ0v) is 13.4. The van der Waals surface area contributed by atoms with Gasteiger partial charge in [-0.2, -0.15) is 0 Å². The molecule has 1 spiro atoms. The van der Waals surface area contributed by atoms with Gasteiger partial charge in [0.15, 0.2) is 0 Å². The van der Waals surface area contributed by atoms with Crippen LogP contribution in [0.3, 0.4) is 0 Å². The second-order valence-corrected chi connectivity index (χ2v) is 7.15. The Morgan fingerprint density at radius 2 is 1.64 bits per heavy atom. The van der Waals surface area contributed by atoms with Crippen LogP contribution in [-0.2, 0) is 6.42 Å². The lowest BCUT2D eigenvalue weighted by atomic mass is 9.75. The topological polar surface area (TPSA) is 0 Å². The highest BCUT2D eigenvalue weighted by Gasteiger charge is 2.29. The molecule has 0 heterocycles. The van der Waals surface area contributed by atoms with Gasteiger partial charge in [0.2, 0.25) is 0 Å². The first-order chi connectivity index (χ1) is 10.7. The predicted octanol–water partition coefficient (Wildman–Crippen LogP) is 4.11. The lowest BCUT2D eigenvalue weighted by Crippen LogP contribution is -2.21. The smallest absolute Gasteiger partial charge is 0.00793 e. The molecule has 0 atom stereocenters. The molecule has 0 unspecified atom stereocenters. The summed E-state index contributed by atoms with van der Waals surface area (Å²) in [6, 6.07) is 15.8. The second-order valence-electron chi connectivity index (χ2n) is 7.15. The molecule has 0 bridgehead atoms. The van der Waals surface area contributed by atoms with Crippen molar-refractivity contribution < 1.29 is 0 Å². The molecule has 2 aliphatic rings. The minimum Gasteiger partial charge on any atom is -0.0666 e. The molecule has 0 aliphatic heterocycles. The number of aryl methyl sites for hydroxylation is 1. The summed E-state index contributed by atoms with van der Waals surface area (Å²) >= 11 is 0. The Labute approximate surface area is 133 Å². The van der Waals surface area contributed by atoms with Crippen LogP contribution in [-0.4, -0.2) is 0 Å². The van der Waals surface area contributed by atoms with E-state index in [4.69, 9.17) is 0 Å². The van der Waals surface area contributed by atoms with Gasteiger partial charge in [0.25, 0.3) is 0 Å². The van der Waals surface area contributed by atoms with Crippen LogP contribution in [0.4, 0.5) is 0 Å². The van der Waals surface area contributed by atoms with E-state index in [1.165, 1.54) is 59.2 Å². The summed E-state index contributed by atoms with van der Waals surface area (Å²) in [6.07, 6.45) is 13.0. The number of benzene rings is 2. The third-order valence-electron chi connectivity index (χ3n) is 5.48. The van der Waals surface area contributed by atoms with E-state index in [0.717, 1.165) is 6.42 Å². The minimum absolute atomic E-state index is 0.377. The summed E-state index contributed by atoms with van der Waals surface area (Å²) in [5, 5.41) is 2.92. The highest BCUT2D eigenvalue weighted by Crippen LogP contribution is 2.40. The van der Waals surface area contributed by atoms with Crippen molar-refractivity contribution in [1.82, 2.24) is 0 Å². The molecule has 2 aromatic carbocycles. The largest absolute Gasteiger partial charge is 0.0666 e. The molecule has 0 amide bonds. The number of hydrogen-bond acceptors (Lipinski definition) is 0. The van der Waals surface area contributed by atoms with Crippen molar-refractivity contribution in [1.29, 1.82) is 0 Å². The second kappa shape index (κ2) is 5.43. The first kappa shape index (κ1) is 13.8. The first-order valence-corrected chi connectivity index (χ1v) is 8.63. The Morgan fingerprint density at radius 1 is 0.864 bits per heavy atom. The van der Waals surface area contributed by atoms with Crippen molar-refractivity contribution in [3.8, 4) is 0 Å². The molecule has 2 aliphatic carbocycles. The van der Waals surface area contributed by atoms with Crippen molar-refractivity contribution in [2.24, 2.45) is 5.41 Å². The van der Waals surface area contributed by atoms with Crippen LogP contribution in [0, 0.1) is 12.3 Å². The summed E-state index contributed by atoms with van der Waals surface area (Å²) in [4.78, 5) is 0. The van der Waals surface area contributed by atoms with Crippen LogP contribution < -0.4 is 10.4 Å². The molecule has 0 N–H and O–H groups in total. The Balaban J connectivity index is 1.67. The normalized spacial score (nSPS) is 18.6. The van der Waals surface area contributed by atoms with Crippen LogP contribution in [0.15, 0.2) is 42.5 Å². The molecule has 1 fully saturated rings. The molecule has 4 rings (SSSR count). The lowest BCUT2D eigenvalue weighted by Gasteiger charge is -2.29. The highest BCUT2D eigenvalue weighted by molar-refractivity contribution is 5.57. The van der Waals surface area contributed by atoms with Crippen LogP contribution in [0.2, 0.25) is 0 Å². The lowest BCUT2D eigenvalue weighted by molar-refractivity contribution is 0.369. The standard InChI is InChI=1S/C22H24/c1-17-7-3-4-8-19(17)13-18-9-10-20-15-22(16-21(20)14-18)11-5-2-6-12-22/h3-4,7-10,14-16H,2,5-6,11-13H2,1H3. The fourth-order valence-electron chi connectivity index (χ4n) is 4.18. The van der Waals surface area contributed by atoms with Crippen molar-refractivity contribution in [2.75, 3.05) is 0 Å². The van der Waals surface area contributed by atoms with Gasteiger partial charge in [0.1, 0.15) is 0 Å². The van der Waals surface area contributed by atoms with Gasteiger partial charge >= 0.3 is 0 Å². The van der Waals surface area contributed by atoms with E-state index >= 15 is 0 Å². The van der Waals surface area contributed by atoms with Gasteiger partial charge < -0.3 is 0 Å². The third-order valence-corrected chi connectivity index (χ3v) is 5.48. The van der Waals surface area contributed by atoms with E-state index in [1.807, 2.05) is 0 Å². The molecule has 0 heteroatoms. The summed E-state index contributed by atoms with van der Waals surface area (Å²) < 4.78 is 0. The van der Waals surface area contributed by atoms with Gasteiger partial charge in [-0.25, -0.2) is 0 Å². The van der Waals surface area contributed by atoms with Crippen molar-refractivity contribution in [3.05, 3.63) is 69.6 Å². The van der Waals surface area contributed by atoms with Gasteiger partial charge in [-0.3, -0.25) is 0 Å². The van der Waals surface area contributed by atoms with E-state index in [-0.39, 0.29) is 0 Å². The third kappa shape index (κ3) is 2.52. The van der Waals surface area contributed by atoms with Gasteiger partial charge in [-0.15, -0.1) is 0 Å². The summed E-state index contributed by atoms with van der Waals surface area (Å²) in [7, 11) is 0. The van der Waals surface area contributed by atoms with E-state index in [0.29, 0.717) is 5.41 Å². The number of rotatable bonds is 2. The minimum atomic E-state index is 0.377. The van der Waals surface area contributed by atoms with Crippen LogP contribution in [0.5, 0.6) is 0 Å². The van der Waals surface area contributed by atoms with Crippen LogP contribution >= 0.6 is 0 Å². The molecular weight excluding hydrogens is 264 g/mol. The zero-order chi connectivity index (χ0) is 15.0. The average molecular weight is 288 g/mol. The van der Waals surface area contributed by atoms with E-state index < -0.39 is 0 Å². The highest BCUT2D eigenvalue weighted by atomic mass is 14.3. The maximum Gasteiger partial charge on any atom is 0.00793 e. The molecule has 1 saturated carbocycles. The van der Waals surface area contributed by atoms with E-state index in [2.05, 4.69) is 61.5 Å². The number of hydrogen-bond donors (Lipinski definition) is 0. The molecule has 0 nitrogen and oxygen atoms in total. The maximum atomic E-state index is 2.56. The zero-order valence-electron chi connectivity index (χ0n) is 13.4. The predicted molar refractivity (Wildman–Crippen MR) is 94.1 cm³/mol. The average Bonchev–Trinajstić information content (AvgIpc) is 2.87. The quantitative estimate of drug-likeness (QED) is 0.780. The Morgan fingerprint density at radius 3 is 2.45 bits per heavy atom. The van der Waals surface area contributed by atoms with Gasteiger partial charge in [-0.05, 0) is 53.3 Å². The van der Waals surface area contributed by atoms with E-state index in [9.17, 15) is 0 Å². The fourth-order valence-corrected chi connectivity index (χ4v) is 4.18. The fraction of sp³-hybridized carbons (Fsp3) is 0.364. The molecule has 0 aromatic heterocycles. The molecule has 0 radical (unpaired) electrons. The van der Waals surface area contributed by atoms with Crippen LogP contribution in [0.1, 0.15) is 48.8 Å². The molecule has 22 heavy (non-hydrogen) atoms. The SMILES string of the molecule is Cc1ccccc1Cc1ccc2c(c1)=CC1(C=2)CCCCC1. The summed E-state index contributed by atoms with van der Waals surface area (Å²) in [6.45, 7) is 2.21. The monoisotopic (exact) mass is 288 g/mol. The Kier molecular flexibility index (Phi) is 3.41. The first-order valence-electron chi connectivity index (χ1n) is 8.63. The van der Waals surface area contributed by atoms with Crippen molar-refractivity contribution >= 4 is 12.2 Å². The molecule has 112 valence electrons. The molecule has 2 aromatic rings. The molecular formula is C22H24. The van der Waals surface area contributed by atoms with Crippen molar-refractivity contribution in [3.63, 3.8) is 0 Å². The van der Waals surface area contributed by atoms with E-state index in [1.54, 1.807) is 0 Å². The number of fused-ring (bicyclic) bond motifs is 1. The summed E-state index contributed by atoms with van der Waals surface area (Å²) in [5.41, 5.74) is 4.65.